The normalized spacial score (nSPS) is 10.9. The Balaban J connectivity index is 2.26. The van der Waals surface area contributed by atoms with E-state index >= 15 is 0 Å². The molecule has 2 aromatic heterocycles. The first-order valence-corrected chi connectivity index (χ1v) is 6.77. The Morgan fingerprint density at radius 1 is 1.35 bits per heavy atom. The van der Waals surface area contributed by atoms with Gasteiger partial charge in [-0.05, 0) is 24.3 Å². The number of rotatable bonds is 2. The van der Waals surface area contributed by atoms with Gasteiger partial charge in [0.1, 0.15) is 5.82 Å². The first-order chi connectivity index (χ1) is 9.56. The van der Waals surface area contributed by atoms with Gasteiger partial charge in [-0.15, -0.1) is 0 Å². The summed E-state index contributed by atoms with van der Waals surface area (Å²) in [5, 5.41) is 9.67. The fourth-order valence-electron chi connectivity index (χ4n) is 1.90. The molecule has 100 valence electrons. The molecule has 2 heterocycles. The molecule has 20 heavy (non-hydrogen) atoms. The molecule has 0 aliphatic rings. The zero-order valence-electron chi connectivity index (χ0n) is 9.89. The minimum Gasteiger partial charge on any atom is -0.478 e. The van der Waals surface area contributed by atoms with Crippen molar-refractivity contribution in [2.24, 2.45) is 0 Å². The summed E-state index contributed by atoms with van der Waals surface area (Å²) in [5.74, 6) is -0.555. The van der Waals surface area contributed by atoms with E-state index in [2.05, 4.69) is 30.9 Å². The van der Waals surface area contributed by atoms with E-state index in [1.54, 1.807) is 12.1 Å². The molecule has 3 aromatic rings. The fraction of sp³-hybridized carbons (Fsp3) is 0. The Kier molecular flexibility index (Phi) is 3.19. The average Bonchev–Trinajstić information content (AvgIpc) is 2.84. The molecule has 0 fully saturated rings. The molecule has 0 atom stereocenters. The van der Waals surface area contributed by atoms with Crippen LogP contribution >= 0.6 is 27.5 Å². The number of nitrogens with one attached hydrogen (secondary N) is 1. The SMILES string of the molecule is O=C(O)c1ccnc2nc(-c3cc(Br)ccc3Cl)[nH]c12. The van der Waals surface area contributed by atoms with E-state index in [9.17, 15) is 4.79 Å². The molecule has 0 saturated carbocycles. The highest BCUT2D eigenvalue weighted by atomic mass is 79.9. The van der Waals surface area contributed by atoms with Gasteiger partial charge in [-0.2, -0.15) is 0 Å². The topological polar surface area (TPSA) is 78.9 Å². The van der Waals surface area contributed by atoms with E-state index in [0.29, 0.717) is 27.6 Å². The Morgan fingerprint density at radius 3 is 2.90 bits per heavy atom. The maximum absolute atomic E-state index is 11.2. The number of fused-ring (bicyclic) bond motifs is 1. The summed E-state index contributed by atoms with van der Waals surface area (Å²) in [6.45, 7) is 0. The summed E-state index contributed by atoms with van der Waals surface area (Å²) in [6, 6.07) is 6.78. The highest BCUT2D eigenvalue weighted by Crippen LogP contribution is 2.30. The number of imidazole rings is 1. The van der Waals surface area contributed by atoms with Gasteiger partial charge in [0.05, 0.1) is 16.1 Å². The molecule has 7 heteroatoms. The van der Waals surface area contributed by atoms with Crippen molar-refractivity contribution in [3.63, 3.8) is 0 Å². The molecule has 5 nitrogen and oxygen atoms in total. The maximum atomic E-state index is 11.2. The molecular weight excluding hydrogens is 346 g/mol. The van der Waals surface area contributed by atoms with Gasteiger partial charge in [0.25, 0.3) is 0 Å². The van der Waals surface area contributed by atoms with Crippen LogP contribution in [0, 0.1) is 0 Å². The molecule has 0 aliphatic heterocycles. The summed E-state index contributed by atoms with van der Waals surface area (Å²) in [5.41, 5.74) is 1.53. The molecular formula is C13H7BrClN3O2. The number of hydrogen-bond donors (Lipinski definition) is 2. The summed E-state index contributed by atoms with van der Waals surface area (Å²) < 4.78 is 0.851. The molecule has 0 amide bonds. The lowest BCUT2D eigenvalue weighted by Crippen LogP contribution is -1.97. The highest BCUT2D eigenvalue weighted by molar-refractivity contribution is 9.10. The second kappa shape index (κ2) is 4.88. The van der Waals surface area contributed by atoms with Crippen molar-refractivity contribution in [1.82, 2.24) is 15.0 Å². The number of H-pyrrole nitrogens is 1. The van der Waals surface area contributed by atoms with E-state index < -0.39 is 5.97 Å². The monoisotopic (exact) mass is 351 g/mol. The smallest absolute Gasteiger partial charge is 0.338 e. The maximum Gasteiger partial charge on any atom is 0.338 e. The average molecular weight is 353 g/mol. The van der Waals surface area contributed by atoms with Gasteiger partial charge in [0.15, 0.2) is 5.65 Å². The minimum atomic E-state index is -1.03. The van der Waals surface area contributed by atoms with Crippen LogP contribution in [-0.4, -0.2) is 26.0 Å². The van der Waals surface area contributed by atoms with Crippen molar-refractivity contribution in [3.05, 3.63) is 45.5 Å². The molecule has 0 aliphatic carbocycles. The van der Waals surface area contributed by atoms with Crippen molar-refractivity contribution in [2.45, 2.75) is 0 Å². The summed E-state index contributed by atoms with van der Waals surface area (Å²) in [4.78, 5) is 22.5. The number of hydrogen-bond acceptors (Lipinski definition) is 3. The lowest BCUT2D eigenvalue weighted by molar-refractivity contribution is 0.0699. The molecule has 0 unspecified atom stereocenters. The van der Waals surface area contributed by atoms with Gasteiger partial charge >= 0.3 is 5.97 Å². The van der Waals surface area contributed by atoms with E-state index in [1.165, 1.54) is 12.3 Å². The van der Waals surface area contributed by atoms with Crippen LogP contribution in [0.3, 0.4) is 0 Å². The van der Waals surface area contributed by atoms with Crippen LogP contribution in [0.1, 0.15) is 10.4 Å². The lowest BCUT2D eigenvalue weighted by Gasteiger charge is -2.00. The second-order valence-electron chi connectivity index (χ2n) is 4.07. The Bertz CT molecular complexity index is 832. The van der Waals surface area contributed by atoms with Crippen molar-refractivity contribution in [3.8, 4) is 11.4 Å². The first-order valence-electron chi connectivity index (χ1n) is 5.59. The van der Waals surface area contributed by atoms with Crippen molar-refractivity contribution >= 4 is 44.7 Å². The second-order valence-corrected chi connectivity index (χ2v) is 5.39. The predicted molar refractivity (Wildman–Crippen MR) is 79.0 cm³/mol. The lowest BCUT2D eigenvalue weighted by atomic mass is 10.2. The minimum absolute atomic E-state index is 0.125. The van der Waals surface area contributed by atoms with Crippen LogP contribution in [0.25, 0.3) is 22.6 Å². The van der Waals surface area contributed by atoms with Gasteiger partial charge in [-0.25, -0.2) is 14.8 Å². The van der Waals surface area contributed by atoms with Crippen LogP contribution in [0.4, 0.5) is 0 Å². The third-order valence-corrected chi connectivity index (χ3v) is 3.63. The molecule has 0 radical (unpaired) electrons. The van der Waals surface area contributed by atoms with Crippen molar-refractivity contribution < 1.29 is 9.90 Å². The van der Waals surface area contributed by atoms with Gasteiger partial charge in [0.2, 0.25) is 0 Å². The number of benzene rings is 1. The number of aromatic amines is 1. The molecule has 0 spiro atoms. The molecule has 0 bridgehead atoms. The predicted octanol–water partition coefficient (Wildman–Crippen LogP) is 3.74. The zero-order valence-corrected chi connectivity index (χ0v) is 12.2. The third-order valence-electron chi connectivity index (χ3n) is 2.81. The van der Waals surface area contributed by atoms with Gasteiger partial charge in [-0.3, -0.25) is 0 Å². The van der Waals surface area contributed by atoms with Crippen molar-refractivity contribution in [2.75, 3.05) is 0 Å². The molecule has 2 N–H and O–H groups in total. The van der Waals surface area contributed by atoms with Crippen LogP contribution in [0.2, 0.25) is 5.02 Å². The van der Waals surface area contributed by atoms with Crippen LogP contribution in [-0.2, 0) is 0 Å². The Morgan fingerprint density at radius 2 is 2.15 bits per heavy atom. The van der Waals surface area contributed by atoms with Gasteiger partial charge in [-0.1, -0.05) is 27.5 Å². The summed E-state index contributed by atoms with van der Waals surface area (Å²) in [7, 11) is 0. The third kappa shape index (κ3) is 2.17. The first kappa shape index (κ1) is 13.1. The highest BCUT2D eigenvalue weighted by Gasteiger charge is 2.15. The zero-order chi connectivity index (χ0) is 14.3. The molecule has 3 rings (SSSR count). The fourth-order valence-corrected chi connectivity index (χ4v) is 2.46. The number of halogens is 2. The number of aromatic carboxylic acids is 1. The number of nitrogens with zero attached hydrogens (tertiary/aromatic N) is 2. The van der Waals surface area contributed by atoms with Crippen molar-refractivity contribution in [1.29, 1.82) is 0 Å². The van der Waals surface area contributed by atoms with E-state index in [4.69, 9.17) is 16.7 Å². The molecule has 0 saturated heterocycles. The number of aromatic nitrogens is 3. The standard InChI is InChI=1S/C13H7BrClN3O2/c14-6-1-2-9(15)8(5-6)11-17-10-7(13(19)20)3-4-16-12(10)18-11/h1-5H,(H,19,20)(H,16,17,18). The summed E-state index contributed by atoms with van der Waals surface area (Å²) in [6.07, 6.45) is 1.42. The van der Waals surface area contributed by atoms with Crippen LogP contribution in [0.15, 0.2) is 34.9 Å². The number of carboxylic acids is 1. The van der Waals surface area contributed by atoms with E-state index in [1.807, 2.05) is 6.07 Å². The quantitative estimate of drug-likeness (QED) is 0.736. The van der Waals surface area contributed by atoms with Gasteiger partial charge < -0.3 is 10.1 Å². The van der Waals surface area contributed by atoms with E-state index in [0.717, 1.165) is 4.47 Å². The van der Waals surface area contributed by atoms with E-state index in [-0.39, 0.29) is 5.56 Å². The molecule has 1 aromatic carbocycles. The summed E-state index contributed by atoms with van der Waals surface area (Å²) >= 11 is 9.51. The Labute approximate surface area is 126 Å². The largest absolute Gasteiger partial charge is 0.478 e. The van der Waals surface area contributed by atoms with Crippen LogP contribution < -0.4 is 0 Å². The number of carboxylic acid groups (broad SMARTS) is 1. The number of pyridine rings is 1. The Hall–Kier alpha value is -1.92. The number of carbonyl (C=O) groups is 1. The van der Waals surface area contributed by atoms with Gasteiger partial charge in [0, 0.05) is 16.2 Å². The van der Waals surface area contributed by atoms with Crippen LogP contribution in [0.5, 0.6) is 0 Å².